The molecule has 10 heteroatoms. The van der Waals surface area contributed by atoms with Crippen LogP contribution in [0, 0.1) is 12.7 Å². The SMILES string of the molecule is Cc1nc2c(-c3ccc(Cl)cc3F)nc([C@@H]3C[C@@H](c4cn[nH]c4)OC(C)(C)C3)nc2c(=O)n1C. The third kappa shape index (κ3) is 3.99. The van der Waals surface area contributed by atoms with Gasteiger partial charge in [0.15, 0.2) is 5.52 Å². The molecule has 0 spiro atoms. The molecular formula is C24H24ClFN6O2. The van der Waals surface area contributed by atoms with E-state index in [1.165, 1.54) is 10.6 Å². The number of aromatic nitrogens is 6. The molecule has 1 fully saturated rings. The van der Waals surface area contributed by atoms with Gasteiger partial charge in [-0.25, -0.2) is 19.3 Å². The van der Waals surface area contributed by atoms with Crippen LogP contribution in [0.15, 0.2) is 35.4 Å². The van der Waals surface area contributed by atoms with Crippen LogP contribution in [-0.4, -0.2) is 35.3 Å². The third-order valence-electron chi connectivity index (χ3n) is 6.31. The molecular weight excluding hydrogens is 459 g/mol. The summed E-state index contributed by atoms with van der Waals surface area (Å²) in [4.78, 5) is 27.2. The van der Waals surface area contributed by atoms with E-state index < -0.39 is 11.4 Å². The molecule has 176 valence electrons. The van der Waals surface area contributed by atoms with Crippen LogP contribution in [0.2, 0.25) is 5.02 Å². The number of benzene rings is 1. The van der Waals surface area contributed by atoms with Gasteiger partial charge in [0.05, 0.1) is 17.9 Å². The van der Waals surface area contributed by atoms with E-state index in [9.17, 15) is 4.79 Å². The number of rotatable bonds is 3. The Bertz CT molecular complexity index is 1450. The van der Waals surface area contributed by atoms with Gasteiger partial charge in [0.25, 0.3) is 5.56 Å². The molecule has 2 atom stereocenters. The van der Waals surface area contributed by atoms with Crippen LogP contribution in [0.1, 0.15) is 55.9 Å². The van der Waals surface area contributed by atoms with E-state index in [1.807, 2.05) is 13.8 Å². The largest absolute Gasteiger partial charge is 0.367 e. The Hall–Kier alpha value is -3.17. The highest BCUT2D eigenvalue weighted by atomic mass is 35.5. The van der Waals surface area contributed by atoms with Gasteiger partial charge >= 0.3 is 0 Å². The van der Waals surface area contributed by atoms with Crippen LogP contribution in [-0.2, 0) is 11.8 Å². The molecule has 0 amide bonds. The van der Waals surface area contributed by atoms with Gasteiger partial charge in [-0.15, -0.1) is 0 Å². The minimum absolute atomic E-state index is 0.131. The third-order valence-corrected chi connectivity index (χ3v) is 6.54. The van der Waals surface area contributed by atoms with Crippen molar-refractivity contribution in [1.82, 2.24) is 29.7 Å². The Morgan fingerprint density at radius 3 is 2.74 bits per heavy atom. The highest BCUT2D eigenvalue weighted by Gasteiger charge is 2.38. The summed E-state index contributed by atoms with van der Waals surface area (Å²) in [6.07, 6.45) is 4.55. The van der Waals surface area contributed by atoms with Gasteiger partial charge in [0.2, 0.25) is 0 Å². The lowest BCUT2D eigenvalue weighted by molar-refractivity contribution is -0.117. The topological polar surface area (TPSA) is 98.6 Å². The van der Waals surface area contributed by atoms with Crippen molar-refractivity contribution in [2.75, 3.05) is 0 Å². The Morgan fingerprint density at radius 2 is 2.03 bits per heavy atom. The van der Waals surface area contributed by atoms with Gasteiger partial charge in [0, 0.05) is 35.3 Å². The van der Waals surface area contributed by atoms with Crippen molar-refractivity contribution < 1.29 is 9.13 Å². The number of ether oxygens (including phenoxy) is 1. The van der Waals surface area contributed by atoms with Crippen molar-refractivity contribution in [1.29, 1.82) is 0 Å². The van der Waals surface area contributed by atoms with Crippen LogP contribution >= 0.6 is 11.6 Å². The average molecular weight is 483 g/mol. The van der Waals surface area contributed by atoms with Crippen molar-refractivity contribution in [3.63, 3.8) is 0 Å². The first kappa shape index (κ1) is 22.6. The highest BCUT2D eigenvalue weighted by Crippen LogP contribution is 2.44. The molecule has 0 radical (unpaired) electrons. The number of aryl methyl sites for hydroxylation is 1. The second kappa shape index (κ2) is 8.25. The summed E-state index contributed by atoms with van der Waals surface area (Å²) in [6, 6.07) is 4.37. The summed E-state index contributed by atoms with van der Waals surface area (Å²) in [5.74, 6) is 0.275. The van der Waals surface area contributed by atoms with E-state index in [2.05, 4.69) is 20.2 Å². The smallest absolute Gasteiger partial charge is 0.279 e. The summed E-state index contributed by atoms with van der Waals surface area (Å²) in [5.41, 5.74) is 1.07. The lowest BCUT2D eigenvalue weighted by atomic mass is 9.83. The van der Waals surface area contributed by atoms with E-state index in [0.29, 0.717) is 24.5 Å². The Balaban J connectivity index is 1.72. The fraction of sp³-hybridized carbons (Fsp3) is 0.375. The molecule has 1 N–H and O–H groups in total. The molecule has 0 unspecified atom stereocenters. The monoisotopic (exact) mass is 482 g/mol. The van der Waals surface area contributed by atoms with Gasteiger partial charge in [-0.2, -0.15) is 5.10 Å². The predicted molar refractivity (Wildman–Crippen MR) is 126 cm³/mol. The van der Waals surface area contributed by atoms with Crippen molar-refractivity contribution in [3.05, 3.63) is 69.0 Å². The molecule has 0 aliphatic carbocycles. The number of H-pyrrole nitrogens is 1. The van der Waals surface area contributed by atoms with Gasteiger partial charge in [-0.1, -0.05) is 11.6 Å². The molecule has 1 aliphatic heterocycles. The van der Waals surface area contributed by atoms with Crippen molar-refractivity contribution in [2.24, 2.45) is 7.05 Å². The lowest BCUT2D eigenvalue weighted by Crippen LogP contribution is -2.35. The van der Waals surface area contributed by atoms with Crippen LogP contribution in [0.25, 0.3) is 22.3 Å². The number of nitrogens with one attached hydrogen (secondary N) is 1. The van der Waals surface area contributed by atoms with Crippen molar-refractivity contribution in [3.8, 4) is 11.3 Å². The fourth-order valence-electron chi connectivity index (χ4n) is 4.58. The molecule has 1 saturated heterocycles. The quantitative estimate of drug-likeness (QED) is 0.457. The molecule has 0 saturated carbocycles. The Morgan fingerprint density at radius 1 is 1.24 bits per heavy atom. The fourth-order valence-corrected chi connectivity index (χ4v) is 4.73. The maximum absolute atomic E-state index is 15.0. The van der Waals surface area contributed by atoms with E-state index in [4.69, 9.17) is 21.3 Å². The van der Waals surface area contributed by atoms with Crippen molar-refractivity contribution in [2.45, 2.75) is 51.2 Å². The van der Waals surface area contributed by atoms with Crippen molar-refractivity contribution >= 4 is 22.6 Å². The summed E-state index contributed by atoms with van der Waals surface area (Å²) in [7, 11) is 1.64. The molecule has 5 rings (SSSR count). The molecule has 1 aromatic carbocycles. The molecule has 8 nitrogen and oxygen atoms in total. The first-order valence-electron chi connectivity index (χ1n) is 11.0. The van der Waals surface area contributed by atoms with Crippen LogP contribution in [0.5, 0.6) is 0 Å². The lowest BCUT2D eigenvalue weighted by Gasteiger charge is -2.40. The second-order valence-corrected chi connectivity index (χ2v) is 9.75. The zero-order chi connectivity index (χ0) is 24.2. The summed E-state index contributed by atoms with van der Waals surface area (Å²) in [6.45, 7) is 5.74. The van der Waals surface area contributed by atoms with Gasteiger partial charge in [0.1, 0.15) is 28.7 Å². The number of halogens is 2. The van der Waals surface area contributed by atoms with E-state index in [-0.39, 0.29) is 44.9 Å². The summed E-state index contributed by atoms with van der Waals surface area (Å²) in [5, 5.41) is 7.14. The highest BCUT2D eigenvalue weighted by molar-refractivity contribution is 6.30. The summed E-state index contributed by atoms with van der Waals surface area (Å²) >= 11 is 5.98. The standard InChI is InChI=1S/C24H24ClFN6O2/c1-12-29-20-19(16-6-5-15(25)8-17(16)26)30-22(31-21(20)23(33)32(12)4)13-7-18(14-10-27-28-11-14)34-24(2,3)9-13/h5-6,8,10-11,13,18H,7,9H2,1-4H3,(H,27,28)/t13-,18+/m1/s1. The molecule has 0 bridgehead atoms. The average Bonchev–Trinajstić information content (AvgIpc) is 3.31. The first-order valence-corrected chi connectivity index (χ1v) is 11.4. The normalized spacial score (nSPS) is 20.1. The predicted octanol–water partition coefficient (Wildman–Crippen LogP) is 4.63. The van der Waals surface area contributed by atoms with E-state index in [0.717, 1.165) is 5.56 Å². The number of hydrogen-bond acceptors (Lipinski definition) is 6. The number of nitrogens with zero attached hydrogens (tertiary/aromatic N) is 5. The van der Waals surface area contributed by atoms with E-state index >= 15 is 4.39 Å². The maximum Gasteiger partial charge on any atom is 0.279 e. The zero-order valence-electron chi connectivity index (χ0n) is 19.3. The first-order chi connectivity index (χ1) is 16.1. The van der Waals surface area contributed by atoms with Gasteiger partial charge in [-0.05, 0) is 51.8 Å². The van der Waals surface area contributed by atoms with Crippen LogP contribution in [0.4, 0.5) is 4.39 Å². The van der Waals surface area contributed by atoms with Gasteiger partial charge < -0.3 is 4.74 Å². The van der Waals surface area contributed by atoms with Crippen LogP contribution in [0.3, 0.4) is 0 Å². The minimum atomic E-state index is -0.540. The maximum atomic E-state index is 15.0. The number of hydrogen-bond donors (Lipinski definition) is 1. The van der Waals surface area contributed by atoms with Gasteiger partial charge in [-0.3, -0.25) is 14.5 Å². The van der Waals surface area contributed by atoms with Crippen LogP contribution < -0.4 is 5.56 Å². The summed E-state index contributed by atoms with van der Waals surface area (Å²) < 4.78 is 22.7. The zero-order valence-corrected chi connectivity index (χ0v) is 20.0. The number of fused-ring (bicyclic) bond motifs is 1. The molecule has 3 aromatic heterocycles. The molecule has 34 heavy (non-hydrogen) atoms. The van der Waals surface area contributed by atoms with E-state index in [1.54, 1.807) is 38.5 Å². The minimum Gasteiger partial charge on any atom is -0.367 e. The second-order valence-electron chi connectivity index (χ2n) is 9.31. The Kier molecular flexibility index (Phi) is 5.49. The molecule has 4 aromatic rings. The Labute approximate surface area is 200 Å². The molecule has 1 aliphatic rings. The number of aromatic amines is 1. The molecule has 4 heterocycles.